The number of fused-ring (bicyclic) bond motifs is 1. The fraction of sp³-hybridized carbons (Fsp3) is 0.458. The Kier molecular flexibility index (Phi) is 6.71. The summed E-state index contributed by atoms with van der Waals surface area (Å²) in [5.41, 5.74) is 1.95. The summed E-state index contributed by atoms with van der Waals surface area (Å²) in [4.78, 5) is 15.4. The molecule has 2 aromatic rings. The average molecular weight is 459 g/mol. The van der Waals surface area contributed by atoms with Crippen LogP contribution in [0.2, 0.25) is 0 Å². The Labute approximate surface area is 190 Å². The maximum Gasteiger partial charge on any atom is 0.243 e. The van der Waals surface area contributed by atoms with Gasteiger partial charge in [0.25, 0.3) is 0 Å². The molecular formula is C24H30N2O5S. The van der Waals surface area contributed by atoms with E-state index in [0.29, 0.717) is 68.6 Å². The molecule has 2 aliphatic rings. The van der Waals surface area contributed by atoms with Crippen LogP contribution in [-0.2, 0) is 21.4 Å². The Morgan fingerprint density at radius 2 is 1.75 bits per heavy atom. The molecule has 0 aromatic heterocycles. The number of aryl methyl sites for hydroxylation is 1. The molecule has 172 valence electrons. The number of benzene rings is 2. The number of piperidine rings is 1. The van der Waals surface area contributed by atoms with Crippen LogP contribution in [0.25, 0.3) is 0 Å². The fourth-order valence-corrected chi connectivity index (χ4v) is 5.74. The second-order valence-electron chi connectivity index (χ2n) is 8.29. The van der Waals surface area contributed by atoms with Crippen LogP contribution >= 0.6 is 0 Å². The van der Waals surface area contributed by atoms with Crippen molar-refractivity contribution >= 4 is 15.9 Å². The first kappa shape index (κ1) is 22.6. The van der Waals surface area contributed by atoms with Crippen molar-refractivity contribution < 1.29 is 22.7 Å². The molecule has 0 aliphatic carbocycles. The van der Waals surface area contributed by atoms with E-state index in [1.165, 1.54) is 4.31 Å². The summed E-state index contributed by atoms with van der Waals surface area (Å²) in [5, 5.41) is 0. The molecule has 1 amide bonds. The van der Waals surface area contributed by atoms with E-state index in [2.05, 4.69) is 0 Å². The number of carbonyl (C=O) groups excluding carboxylic acids is 1. The van der Waals surface area contributed by atoms with Crippen LogP contribution in [0.15, 0.2) is 47.4 Å². The molecule has 2 heterocycles. The molecule has 0 saturated carbocycles. The molecule has 32 heavy (non-hydrogen) atoms. The number of rotatable bonds is 6. The second-order valence-corrected chi connectivity index (χ2v) is 10.2. The van der Waals surface area contributed by atoms with E-state index in [4.69, 9.17) is 9.47 Å². The van der Waals surface area contributed by atoms with Gasteiger partial charge < -0.3 is 14.4 Å². The van der Waals surface area contributed by atoms with E-state index in [0.717, 1.165) is 11.1 Å². The zero-order valence-electron chi connectivity index (χ0n) is 18.6. The highest BCUT2D eigenvalue weighted by molar-refractivity contribution is 7.89. The van der Waals surface area contributed by atoms with Gasteiger partial charge in [0.1, 0.15) is 13.2 Å². The minimum Gasteiger partial charge on any atom is -0.486 e. The average Bonchev–Trinajstić information content (AvgIpc) is 2.82. The molecule has 0 bridgehead atoms. The van der Waals surface area contributed by atoms with E-state index >= 15 is 0 Å². The largest absolute Gasteiger partial charge is 0.486 e. The molecular weight excluding hydrogens is 428 g/mol. The predicted octanol–water partition coefficient (Wildman–Crippen LogP) is 3.22. The molecule has 0 spiro atoms. The predicted molar refractivity (Wildman–Crippen MR) is 121 cm³/mol. The summed E-state index contributed by atoms with van der Waals surface area (Å²) in [7, 11) is -3.53. The first-order valence-electron chi connectivity index (χ1n) is 11.1. The van der Waals surface area contributed by atoms with Crippen molar-refractivity contribution in [1.82, 2.24) is 9.21 Å². The zero-order valence-corrected chi connectivity index (χ0v) is 19.4. The van der Waals surface area contributed by atoms with Crippen molar-refractivity contribution in [3.63, 3.8) is 0 Å². The van der Waals surface area contributed by atoms with Crippen LogP contribution in [0.3, 0.4) is 0 Å². The van der Waals surface area contributed by atoms with Gasteiger partial charge in [0.2, 0.25) is 15.9 Å². The molecule has 8 heteroatoms. The number of sulfonamides is 1. The molecule has 0 atom stereocenters. The van der Waals surface area contributed by atoms with Gasteiger partial charge in [0.15, 0.2) is 11.5 Å². The summed E-state index contributed by atoms with van der Waals surface area (Å²) < 4.78 is 38.8. The lowest BCUT2D eigenvalue weighted by Crippen LogP contribution is -2.44. The van der Waals surface area contributed by atoms with Gasteiger partial charge in [-0.1, -0.05) is 29.8 Å². The number of nitrogens with zero attached hydrogens (tertiary/aromatic N) is 2. The molecule has 2 aliphatic heterocycles. The summed E-state index contributed by atoms with van der Waals surface area (Å²) in [6.07, 6.45) is 1.04. The molecule has 1 saturated heterocycles. The van der Waals surface area contributed by atoms with Crippen molar-refractivity contribution in [3.8, 4) is 11.5 Å². The number of para-hydroxylation sites is 1. The summed E-state index contributed by atoms with van der Waals surface area (Å²) in [5.74, 6) is 1.31. The summed E-state index contributed by atoms with van der Waals surface area (Å²) in [6.45, 7) is 6.63. The van der Waals surface area contributed by atoms with Gasteiger partial charge >= 0.3 is 0 Å². The van der Waals surface area contributed by atoms with E-state index in [1.54, 1.807) is 24.3 Å². The molecule has 2 aromatic carbocycles. The van der Waals surface area contributed by atoms with Gasteiger partial charge in [-0.2, -0.15) is 4.31 Å². The number of hydrogen-bond acceptors (Lipinski definition) is 5. The standard InChI is InChI=1S/C24H30N2O5S/c1-3-25(17-20-5-4-6-22-23(20)31-16-15-30-22)24(27)19-11-13-26(14-12-19)32(28,29)21-9-7-18(2)8-10-21/h4-10,19H,3,11-17H2,1-2H3. The van der Waals surface area contributed by atoms with E-state index in [1.807, 2.05) is 36.9 Å². The lowest BCUT2D eigenvalue weighted by atomic mass is 9.96. The minimum absolute atomic E-state index is 0.0641. The van der Waals surface area contributed by atoms with Crippen LogP contribution < -0.4 is 9.47 Å². The van der Waals surface area contributed by atoms with E-state index < -0.39 is 10.0 Å². The Morgan fingerprint density at radius 1 is 1.06 bits per heavy atom. The smallest absolute Gasteiger partial charge is 0.243 e. The third kappa shape index (κ3) is 4.61. The molecule has 0 N–H and O–H groups in total. The van der Waals surface area contributed by atoms with Crippen molar-refractivity contribution in [2.24, 2.45) is 5.92 Å². The quantitative estimate of drug-likeness (QED) is 0.664. The SMILES string of the molecule is CCN(Cc1cccc2c1OCCO2)C(=O)C1CCN(S(=O)(=O)c2ccc(C)cc2)CC1. The molecule has 0 unspecified atom stereocenters. The first-order chi connectivity index (χ1) is 15.4. The van der Waals surface area contributed by atoms with Gasteiger partial charge in [-0.3, -0.25) is 4.79 Å². The maximum atomic E-state index is 13.3. The highest BCUT2D eigenvalue weighted by Crippen LogP contribution is 2.35. The van der Waals surface area contributed by atoms with Crippen LogP contribution in [0.4, 0.5) is 0 Å². The van der Waals surface area contributed by atoms with Crippen LogP contribution in [-0.4, -0.2) is 56.4 Å². The molecule has 4 rings (SSSR count). The number of hydrogen-bond donors (Lipinski definition) is 0. The van der Waals surface area contributed by atoms with Crippen molar-refractivity contribution in [1.29, 1.82) is 0 Å². The topological polar surface area (TPSA) is 76.2 Å². The molecule has 1 fully saturated rings. The van der Waals surface area contributed by atoms with Gasteiger partial charge in [0.05, 0.1) is 4.90 Å². The minimum atomic E-state index is -3.53. The molecule has 0 radical (unpaired) electrons. The molecule has 7 nitrogen and oxygen atoms in total. The van der Waals surface area contributed by atoms with Gasteiger partial charge in [-0.15, -0.1) is 0 Å². The Hall–Kier alpha value is -2.58. The summed E-state index contributed by atoms with van der Waals surface area (Å²) in [6, 6.07) is 12.6. The normalized spacial score (nSPS) is 17.2. The van der Waals surface area contributed by atoms with E-state index in [9.17, 15) is 13.2 Å². The van der Waals surface area contributed by atoms with Gasteiger partial charge in [-0.25, -0.2) is 8.42 Å². The number of ether oxygens (including phenoxy) is 2. The van der Waals surface area contributed by atoms with Crippen LogP contribution in [0, 0.1) is 12.8 Å². The lowest BCUT2D eigenvalue weighted by molar-refractivity contribution is -0.137. The van der Waals surface area contributed by atoms with Crippen molar-refractivity contribution in [2.75, 3.05) is 32.8 Å². The Bertz CT molecular complexity index is 1060. The zero-order chi connectivity index (χ0) is 22.7. The third-order valence-corrected chi connectivity index (χ3v) is 8.08. The third-order valence-electron chi connectivity index (χ3n) is 6.16. The Balaban J connectivity index is 1.41. The number of carbonyl (C=O) groups is 1. The Morgan fingerprint density at radius 3 is 2.44 bits per heavy atom. The van der Waals surface area contributed by atoms with Crippen molar-refractivity contribution in [3.05, 3.63) is 53.6 Å². The highest BCUT2D eigenvalue weighted by atomic mass is 32.2. The maximum absolute atomic E-state index is 13.3. The summed E-state index contributed by atoms with van der Waals surface area (Å²) >= 11 is 0. The number of amides is 1. The van der Waals surface area contributed by atoms with Gasteiger partial charge in [0, 0.05) is 37.7 Å². The first-order valence-corrected chi connectivity index (χ1v) is 12.6. The fourth-order valence-electron chi connectivity index (χ4n) is 4.27. The lowest BCUT2D eigenvalue weighted by Gasteiger charge is -2.33. The van der Waals surface area contributed by atoms with Crippen LogP contribution in [0.1, 0.15) is 30.9 Å². The monoisotopic (exact) mass is 458 g/mol. The van der Waals surface area contributed by atoms with Crippen LogP contribution in [0.5, 0.6) is 11.5 Å². The van der Waals surface area contributed by atoms with E-state index in [-0.39, 0.29) is 11.8 Å². The van der Waals surface area contributed by atoms with Gasteiger partial charge in [-0.05, 0) is 44.9 Å². The van der Waals surface area contributed by atoms with Crippen molar-refractivity contribution in [2.45, 2.75) is 38.1 Å². The second kappa shape index (κ2) is 9.50. The highest BCUT2D eigenvalue weighted by Gasteiger charge is 2.34.